The summed E-state index contributed by atoms with van der Waals surface area (Å²) in [5.41, 5.74) is 0. The van der Waals surface area contributed by atoms with Crippen molar-refractivity contribution in [3.8, 4) is 0 Å². The van der Waals surface area contributed by atoms with E-state index in [9.17, 15) is 9.59 Å². The lowest BCUT2D eigenvalue weighted by Gasteiger charge is -2.25. The molecule has 1 aliphatic carbocycles. The maximum absolute atomic E-state index is 12.4. The van der Waals surface area contributed by atoms with Crippen molar-refractivity contribution >= 4 is 11.9 Å². The van der Waals surface area contributed by atoms with E-state index >= 15 is 0 Å². The Morgan fingerprint density at radius 3 is 1.92 bits per heavy atom. The Bertz CT molecular complexity index is 414. The summed E-state index contributed by atoms with van der Waals surface area (Å²) in [5.74, 6) is -0.673. The smallest absolute Gasteiger partial charge is 0.310 e. The van der Waals surface area contributed by atoms with Gasteiger partial charge in [0.2, 0.25) is 0 Å². The van der Waals surface area contributed by atoms with Crippen LogP contribution in [0.15, 0.2) is 12.2 Å². The van der Waals surface area contributed by atoms with Gasteiger partial charge in [0.1, 0.15) is 0 Å². The summed E-state index contributed by atoms with van der Waals surface area (Å²) < 4.78 is 10.8. The van der Waals surface area contributed by atoms with Crippen LogP contribution >= 0.6 is 0 Å². The molecule has 4 heteroatoms. The number of hydrogen-bond donors (Lipinski definition) is 0. The van der Waals surface area contributed by atoms with Crippen molar-refractivity contribution in [2.75, 3.05) is 13.2 Å². The van der Waals surface area contributed by atoms with Crippen LogP contribution in [0.3, 0.4) is 0 Å². The van der Waals surface area contributed by atoms with Crippen LogP contribution in [0.2, 0.25) is 0 Å². The van der Waals surface area contributed by atoms with Crippen molar-refractivity contribution in [1.82, 2.24) is 0 Å². The van der Waals surface area contributed by atoms with E-state index in [2.05, 4.69) is 20.8 Å². The number of allylic oxidation sites excluding steroid dienone is 2. The molecule has 0 heterocycles. The fraction of sp³-hybridized carbons (Fsp3) is 0.810. The second-order valence-corrected chi connectivity index (χ2v) is 7.44. The third-order valence-electron chi connectivity index (χ3n) is 4.70. The van der Waals surface area contributed by atoms with Gasteiger partial charge in [-0.25, -0.2) is 0 Å². The van der Waals surface area contributed by atoms with E-state index in [0.717, 1.165) is 25.7 Å². The number of hydrogen-bond acceptors (Lipinski definition) is 4. The topological polar surface area (TPSA) is 52.6 Å². The summed E-state index contributed by atoms with van der Waals surface area (Å²) in [7, 11) is 0. The highest BCUT2D eigenvalue weighted by Gasteiger charge is 2.36. The SMILES string of the molecule is CCCCCCCOC(=O)C1CC=CCC1C(=O)OCCCC(C)C. The third kappa shape index (κ3) is 9.08. The van der Waals surface area contributed by atoms with Crippen molar-refractivity contribution in [1.29, 1.82) is 0 Å². The zero-order valence-electron chi connectivity index (χ0n) is 16.3. The van der Waals surface area contributed by atoms with Crippen LogP contribution in [-0.2, 0) is 19.1 Å². The molecule has 2 unspecified atom stereocenters. The molecular formula is C21H36O4. The van der Waals surface area contributed by atoms with Crippen molar-refractivity contribution < 1.29 is 19.1 Å². The zero-order valence-corrected chi connectivity index (χ0v) is 16.3. The second kappa shape index (κ2) is 13.0. The summed E-state index contributed by atoms with van der Waals surface area (Å²) in [6.45, 7) is 7.39. The van der Waals surface area contributed by atoms with Crippen molar-refractivity contribution in [3.05, 3.63) is 12.2 Å². The first kappa shape index (κ1) is 21.7. The molecule has 4 nitrogen and oxygen atoms in total. The third-order valence-corrected chi connectivity index (χ3v) is 4.70. The maximum atomic E-state index is 12.4. The van der Waals surface area contributed by atoms with Crippen LogP contribution in [-0.4, -0.2) is 25.2 Å². The Kier molecular flexibility index (Phi) is 11.3. The monoisotopic (exact) mass is 352 g/mol. The minimum absolute atomic E-state index is 0.246. The van der Waals surface area contributed by atoms with Gasteiger partial charge in [-0.2, -0.15) is 0 Å². The molecule has 0 fully saturated rings. The summed E-state index contributed by atoms with van der Waals surface area (Å²) in [6, 6.07) is 0. The molecule has 0 aliphatic heterocycles. The van der Waals surface area contributed by atoms with Crippen LogP contribution < -0.4 is 0 Å². The Morgan fingerprint density at radius 2 is 1.40 bits per heavy atom. The van der Waals surface area contributed by atoms with E-state index in [1.165, 1.54) is 19.3 Å². The second-order valence-electron chi connectivity index (χ2n) is 7.44. The molecule has 0 aromatic rings. The molecule has 0 N–H and O–H groups in total. The lowest BCUT2D eigenvalue weighted by molar-refractivity contribution is -0.161. The van der Waals surface area contributed by atoms with Gasteiger partial charge in [0.05, 0.1) is 25.0 Å². The zero-order chi connectivity index (χ0) is 18.5. The van der Waals surface area contributed by atoms with E-state index in [-0.39, 0.29) is 11.9 Å². The van der Waals surface area contributed by atoms with Gasteiger partial charge < -0.3 is 9.47 Å². The fourth-order valence-electron chi connectivity index (χ4n) is 3.09. The maximum Gasteiger partial charge on any atom is 0.310 e. The number of carbonyl (C=O) groups is 2. The minimum atomic E-state index is -0.392. The van der Waals surface area contributed by atoms with Gasteiger partial charge >= 0.3 is 11.9 Å². The van der Waals surface area contributed by atoms with Gasteiger partial charge in [0, 0.05) is 0 Å². The Labute approximate surface area is 153 Å². The van der Waals surface area contributed by atoms with Gasteiger partial charge in [-0.15, -0.1) is 0 Å². The number of ether oxygens (including phenoxy) is 2. The Morgan fingerprint density at radius 1 is 0.880 bits per heavy atom. The molecule has 0 amide bonds. The Balaban J connectivity index is 2.35. The molecule has 2 atom stereocenters. The van der Waals surface area contributed by atoms with Crippen molar-refractivity contribution in [3.63, 3.8) is 0 Å². The predicted octanol–water partition coefficient (Wildman–Crippen LogP) is 5.06. The van der Waals surface area contributed by atoms with Gasteiger partial charge in [-0.05, 0) is 38.0 Å². The van der Waals surface area contributed by atoms with Crippen LogP contribution in [0.1, 0.15) is 78.6 Å². The first-order chi connectivity index (χ1) is 12.1. The molecule has 0 spiro atoms. The first-order valence-electron chi connectivity index (χ1n) is 10.0. The van der Waals surface area contributed by atoms with Crippen LogP contribution in [0.4, 0.5) is 0 Å². The van der Waals surface area contributed by atoms with Crippen molar-refractivity contribution in [2.24, 2.45) is 17.8 Å². The molecule has 25 heavy (non-hydrogen) atoms. The normalized spacial score (nSPS) is 19.8. The lowest BCUT2D eigenvalue weighted by Crippen LogP contribution is -2.34. The molecule has 0 aromatic carbocycles. The molecule has 1 rings (SSSR count). The summed E-state index contributed by atoms with van der Waals surface area (Å²) in [4.78, 5) is 24.7. The van der Waals surface area contributed by atoms with E-state index in [1.807, 2.05) is 12.2 Å². The average Bonchev–Trinajstić information content (AvgIpc) is 2.61. The van der Waals surface area contributed by atoms with Crippen LogP contribution in [0, 0.1) is 17.8 Å². The Hall–Kier alpha value is -1.32. The van der Waals surface area contributed by atoms with Gasteiger partial charge in [-0.1, -0.05) is 58.6 Å². The summed E-state index contributed by atoms with van der Waals surface area (Å²) >= 11 is 0. The molecular weight excluding hydrogens is 316 g/mol. The highest BCUT2D eigenvalue weighted by Crippen LogP contribution is 2.28. The standard InChI is InChI=1S/C21H36O4/c1-4-5-6-7-10-15-24-20(22)18-13-8-9-14-19(18)21(23)25-16-11-12-17(2)3/h8-9,17-19H,4-7,10-16H2,1-3H3. The van der Waals surface area contributed by atoms with Gasteiger partial charge in [-0.3, -0.25) is 9.59 Å². The highest BCUT2D eigenvalue weighted by molar-refractivity contribution is 5.82. The van der Waals surface area contributed by atoms with Crippen LogP contribution in [0.25, 0.3) is 0 Å². The van der Waals surface area contributed by atoms with E-state index in [1.54, 1.807) is 0 Å². The first-order valence-corrected chi connectivity index (χ1v) is 10.0. The number of unbranched alkanes of at least 4 members (excludes halogenated alkanes) is 4. The number of esters is 2. The lowest BCUT2D eigenvalue weighted by atomic mass is 9.83. The van der Waals surface area contributed by atoms with E-state index < -0.39 is 11.8 Å². The van der Waals surface area contributed by atoms with Gasteiger partial charge in [0.15, 0.2) is 0 Å². The molecule has 0 saturated carbocycles. The molecule has 144 valence electrons. The molecule has 1 aliphatic rings. The molecule has 0 bridgehead atoms. The van der Waals surface area contributed by atoms with Gasteiger partial charge in [0.25, 0.3) is 0 Å². The van der Waals surface area contributed by atoms with E-state index in [4.69, 9.17) is 9.47 Å². The number of rotatable bonds is 12. The highest BCUT2D eigenvalue weighted by atomic mass is 16.5. The average molecular weight is 353 g/mol. The van der Waals surface area contributed by atoms with Crippen molar-refractivity contribution in [2.45, 2.75) is 78.6 Å². The summed E-state index contributed by atoms with van der Waals surface area (Å²) in [6.07, 6.45) is 12.6. The van der Waals surface area contributed by atoms with Crippen LogP contribution in [0.5, 0.6) is 0 Å². The predicted molar refractivity (Wildman–Crippen MR) is 100 cm³/mol. The largest absolute Gasteiger partial charge is 0.465 e. The number of carbonyl (C=O) groups excluding carboxylic acids is 2. The molecule has 0 aromatic heterocycles. The molecule has 0 saturated heterocycles. The van der Waals surface area contributed by atoms with E-state index in [0.29, 0.717) is 32.0 Å². The fourth-order valence-corrected chi connectivity index (χ4v) is 3.09. The summed E-state index contributed by atoms with van der Waals surface area (Å²) in [5, 5.41) is 0. The quantitative estimate of drug-likeness (QED) is 0.280. The minimum Gasteiger partial charge on any atom is -0.465 e. The molecule has 0 radical (unpaired) electrons.